The van der Waals surface area contributed by atoms with Gasteiger partial charge in [0.05, 0.1) is 11.3 Å². The second-order valence-corrected chi connectivity index (χ2v) is 6.83. The summed E-state index contributed by atoms with van der Waals surface area (Å²) in [7, 11) is 2.11. The van der Waals surface area contributed by atoms with Gasteiger partial charge in [-0.3, -0.25) is 9.59 Å². The molecule has 132 valence electrons. The fourth-order valence-electron chi connectivity index (χ4n) is 2.92. The van der Waals surface area contributed by atoms with Crippen LogP contribution in [0.25, 0.3) is 0 Å². The average Bonchev–Trinajstić information content (AvgIpc) is 2.57. The Morgan fingerprint density at radius 1 is 1.25 bits per heavy atom. The number of rotatable bonds is 6. The minimum atomic E-state index is -0.139. The van der Waals surface area contributed by atoms with Crippen molar-refractivity contribution in [1.82, 2.24) is 10.2 Å². The van der Waals surface area contributed by atoms with Gasteiger partial charge in [0.25, 0.3) is 5.91 Å². The van der Waals surface area contributed by atoms with Crippen LogP contribution in [-0.4, -0.2) is 42.9 Å². The van der Waals surface area contributed by atoms with Crippen LogP contribution < -0.4 is 10.6 Å². The van der Waals surface area contributed by atoms with Crippen LogP contribution >= 0.6 is 0 Å². The zero-order valence-electron chi connectivity index (χ0n) is 15.0. The number of para-hydroxylation sites is 1. The zero-order valence-corrected chi connectivity index (χ0v) is 15.0. The molecule has 0 aromatic heterocycles. The van der Waals surface area contributed by atoms with Gasteiger partial charge >= 0.3 is 0 Å². The van der Waals surface area contributed by atoms with Crippen molar-refractivity contribution in [2.24, 2.45) is 5.92 Å². The highest BCUT2D eigenvalue weighted by Crippen LogP contribution is 2.21. The number of benzene rings is 1. The van der Waals surface area contributed by atoms with Gasteiger partial charge in [0.2, 0.25) is 5.91 Å². The second-order valence-electron chi connectivity index (χ2n) is 6.83. The number of hydrogen-bond acceptors (Lipinski definition) is 3. The van der Waals surface area contributed by atoms with E-state index in [4.69, 9.17) is 0 Å². The zero-order chi connectivity index (χ0) is 17.5. The number of carbonyl (C=O) groups is 2. The predicted octanol–water partition coefficient (Wildman–Crippen LogP) is 2.89. The molecular weight excluding hydrogens is 302 g/mol. The fourth-order valence-corrected chi connectivity index (χ4v) is 2.92. The van der Waals surface area contributed by atoms with Gasteiger partial charge in [-0.1, -0.05) is 19.1 Å². The Hall–Kier alpha value is -1.88. The lowest BCUT2D eigenvalue weighted by Crippen LogP contribution is -2.33. The van der Waals surface area contributed by atoms with Crippen LogP contribution in [0.1, 0.15) is 49.9 Å². The summed E-state index contributed by atoms with van der Waals surface area (Å²) in [5, 5.41) is 5.88. The monoisotopic (exact) mass is 331 g/mol. The minimum Gasteiger partial charge on any atom is -0.350 e. The standard InChI is InChI=1S/C19H29N3O2/c1-4-14(2)20-19(24)16-7-5-6-8-17(16)21-18(23)13-15-9-11-22(3)12-10-15/h5-8,14-15H,4,9-13H2,1-3H3,(H,20,24)(H,21,23). The van der Waals surface area contributed by atoms with Crippen molar-refractivity contribution in [3.05, 3.63) is 29.8 Å². The molecule has 2 N–H and O–H groups in total. The van der Waals surface area contributed by atoms with Gasteiger partial charge in [0.1, 0.15) is 0 Å². The topological polar surface area (TPSA) is 61.4 Å². The van der Waals surface area contributed by atoms with E-state index in [-0.39, 0.29) is 17.9 Å². The Morgan fingerprint density at radius 3 is 2.58 bits per heavy atom. The SMILES string of the molecule is CCC(C)NC(=O)c1ccccc1NC(=O)CC1CCN(C)CC1. The summed E-state index contributed by atoms with van der Waals surface area (Å²) >= 11 is 0. The smallest absolute Gasteiger partial charge is 0.253 e. The van der Waals surface area contributed by atoms with E-state index in [0.29, 0.717) is 23.6 Å². The average molecular weight is 331 g/mol. The molecule has 1 atom stereocenters. The van der Waals surface area contributed by atoms with E-state index in [1.165, 1.54) is 0 Å². The number of likely N-dealkylation sites (tertiary alicyclic amines) is 1. The van der Waals surface area contributed by atoms with Crippen molar-refractivity contribution in [2.75, 3.05) is 25.5 Å². The number of piperidine rings is 1. The summed E-state index contributed by atoms with van der Waals surface area (Å²) in [4.78, 5) is 27.0. The van der Waals surface area contributed by atoms with E-state index in [1.807, 2.05) is 26.0 Å². The van der Waals surface area contributed by atoms with E-state index < -0.39 is 0 Å². The molecule has 24 heavy (non-hydrogen) atoms. The van der Waals surface area contributed by atoms with Gasteiger partial charge in [0, 0.05) is 12.5 Å². The van der Waals surface area contributed by atoms with Crippen LogP contribution in [-0.2, 0) is 4.79 Å². The molecule has 5 heteroatoms. The first-order chi connectivity index (χ1) is 11.5. The number of hydrogen-bond donors (Lipinski definition) is 2. The number of nitrogens with zero attached hydrogens (tertiary/aromatic N) is 1. The molecule has 0 spiro atoms. The van der Waals surface area contributed by atoms with Crippen molar-refractivity contribution in [3.63, 3.8) is 0 Å². The van der Waals surface area contributed by atoms with Gasteiger partial charge in [-0.25, -0.2) is 0 Å². The molecule has 1 aromatic rings. The Bertz CT molecular complexity index is 565. The van der Waals surface area contributed by atoms with Crippen LogP contribution in [0.15, 0.2) is 24.3 Å². The fraction of sp³-hybridized carbons (Fsp3) is 0.579. The summed E-state index contributed by atoms with van der Waals surface area (Å²) in [6.45, 7) is 6.09. The summed E-state index contributed by atoms with van der Waals surface area (Å²) in [6, 6.07) is 7.31. The minimum absolute atomic E-state index is 0.00616. The molecule has 1 saturated heterocycles. The highest BCUT2D eigenvalue weighted by molar-refractivity contribution is 6.03. The van der Waals surface area contributed by atoms with E-state index in [0.717, 1.165) is 32.4 Å². The molecule has 0 radical (unpaired) electrons. The Balaban J connectivity index is 1.96. The van der Waals surface area contributed by atoms with E-state index in [9.17, 15) is 9.59 Å². The first kappa shape index (κ1) is 18.5. The van der Waals surface area contributed by atoms with Crippen molar-refractivity contribution in [2.45, 2.75) is 45.6 Å². The molecular formula is C19H29N3O2. The van der Waals surface area contributed by atoms with Crippen LogP contribution in [0.3, 0.4) is 0 Å². The number of anilines is 1. The highest BCUT2D eigenvalue weighted by atomic mass is 16.2. The molecule has 1 aliphatic heterocycles. The normalized spacial score (nSPS) is 17.3. The summed E-state index contributed by atoms with van der Waals surface area (Å²) in [6.07, 6.45) is 3.51. The van der Waals surface area contributed by atoms with Crippen LogP contribution in [0.5, 0.6) is 0 Å². The van der Waals surface area contributed by atoms with E-state index in [2.05, 4.69) is 22.6 Å². The summed E-state index contributed by atoms with van der Waals surface area (Å²) in [5.74, 6) is 0.287. The molecule has 2 rings (SSSR count). The lowest BCUT2D eigenvalue weighted by Gasteiger charge is -2.28. The number of carbonyl (C=O) groups excluding carboxylic acids is 2. The van der Waals surface area contributed by atoms with Crippen LogP contribution in [0.2, 0.25) is 0 Å². The number of nitrogens with one attached hydrogen (secondary N) is 2. The van der Waals surface area contributed by atoms with Crippen LogP contribution in [0, 0.1) is 5.92 Å². The first-order valence-electron chi connectivity index (χ1n) is 8.87. The second kappa shape index (κ2) is 8.83. The Kier molecular flexibility index (Phi) is 6.79. The quantitative estimate of drug-likeness (QED) is 0.842. The van der Waals surface area contributed by atoms with Crippen molar-refractivity contribution in [1.29, 1.82) is 0 Å². The van der Waals surface area contributed by atoms with Crippen molar-refractivity contribution >= 4 is 17.5 Å². The lowest BCUT2D eigenvalue weighted by atomic mass is 9.93. The van der Waals surface area contributed by atoms with Gasteiger partial charge < -0.3 is 15.5 Å². The highest BCUT2D eigenvalue weighted by Gasteiger charge is 2.20. The van der Waals surface area contributed by atoms with Crippen molar-refractivity contribution < 1.29 is 9.59 Å². The molecule has 1 fully saturated rings. The van der Waals surface area contributed by atoms with Crippen molar-refractivity contribution in [3.8, 4) is 0 Å². The first-order valence-corrected chi connectivity index (χ1v) is 8.87. The molecule has 1 aliphatic rings. The molecule has 1 aromatic carbocycles. The largest absolute Gasteiger partial charge is 0.350 e. The van der Waals surface area contributed by atoms with Gasteiger partial charge in [0.15, 0.2) is 0 Å². The Labute approximate surface area is 144 Å². The molecule has 0 aliphatic carbocycles. The molecule has 0 bridgehead atoms. The molecule has 0 saturated carbocycles. The summed E-state index contributed by atoms with van der Waals surface area (Å²) < 4.78 is 0. The van der Waals surface area contributed by atoms with Gasteiger partial charge in [-0.05, 0) is 64.4 Å². The third kappa shape index (κ3) is 5.34. The third-order valence-corrected chi connectivity index (χ3v) is 4.75. The molecule has 5 nitrogen and oxygen atoms in total. The van der Waals surface area contributed by atoms with Gasteiger partial charge in [-0.15, -0.1) is 0 Å². The maximum Gasteiger partial charge on any atom is 0.253 e. The maximum absolute atomic E-state index is 12.4. The maximum atomic E-state index is 12.4. The van der Waals surface area contributed by atoms with Gasteiger partial charge in [-0.2, -0.15) is 0 Å². The predicted molar refractivity (Wildman–Crippen MR) is 97.1 cm³/mol. The molecule has 2 amide bonds. The molecule has 1 unspecified atom stereocenters. The summed E-state index contributed by atoms with van der Waals surface area (Å²) in [5.41, 5.74) is 1.12. The Morgan fingerprint density at radius 2 is 1.92 bits per heavy atom. The lowest BCUT2D eigenvalue weighted by molar-refractivity contribution is -0.117. The third-order valence-electron chi connectivity index (χ3n) is 4.75. The van der Waals surface area contributed by atoms with E-state index in [1.54, 1.807) is 12.1 Å². The molecule has 1 heterocycles. The number of amides is 2. The van der Waals surface area contributed by atoms with Crippen LogP contribution in [0.4, 0.5) is 5.69 Å². The van der Waals surface area contributed by atoms with E-state index >= 15 is 0 Å².